The van der Waals surface area contributed by atoms with Crippen LogP contribution in [-0.4, -0.2) is 18.8 Å². The Morgan fingerprint density at radius 2 is 2.10 bits per heavy atom. The maximum atomic E-state index is 6.17. The van der Waals surface area contributed by atoms with Gasteiger partial charge in [0.05, 0.1) is 5.60 Å². The molecular weight excluding hydrogens is 270 g/mol. The minimum atomic E-state index is -0.147. The van der Waals surface area contributed by atoms with Crippen molar-refractivity contribution in [2.75, 3.05) is 13.2 Å². The molecule has 1 aliphatic carbocycles. The van der Waals surface area contributed by atoms with Gasteiger partial charge in [-0.2, -0.15) is 0 Å². The molecule has 0 aliphatic heterocycles. The summed E-state index contributed by atoms with van der Waals surface area (Å²) >= 11 is 6.17. The van der Waals surface area contributed by atoms with E-state index in [9.17, 15) is 0 Å². The van der Waals surface area contributed by atoms with Gasteiger partial charge < -0.3 is 10.1 Å². The fraction of sp³-hybridized carbons (Fsp3) is 0.647. The van der Waals surface area contributed by atoms with Crippen molar-refractivity contribution in [3.63, 3.8) is 0 Å². The number of benzene rings is 1. The maximum absolute atomic E-state index is 6.17. The van der Waals surface area contributed by atoms with Gasteiger partial charge in [-0.15, -0.1) is 0 Å². The van der Waals surface area contributed by atoms with E-state index in [0.717, 1.165) is 24.6 Å². The SMILES string of the molecule is CCOC(C)(C)CNC1c2cc(Cl)ccc2CC1(C)C. The van der Waals surface area contributed by atoms with Crippen LogP contribution in [0.5, 0.6) is 0 Å². The lowest BCUT2D eigenvalue weighted by molar-refractivity contribution is -0.0130. The molecule has 0 aromatic heterocycles. The average molecular weight is 296 g/mol. The van der Waals surface area contributed by atoms with Gasteiger partial charge in [-0.25, -0.2) is 0 Å². The zero-order valence-corrected chi connectivity index (χ0v) is 14.0. The Balaban J connectivity index is 2.17. The lowest BCUT2D eigenvalue weighted by Gasteiger charge is -2.33. The number of rotatable bonds is 5. The summed E-state index contributed by atoms with van der Waals surface area (Å²) in [7, 11) is 0. The normalized spacial score (nSPS) is 21.0. The topological polar surface area (TPSA) is 21.3 Å². The molecule has 1 unspecified atom stereocenters. The van der Waals surface area contributed by atoms with Crippen LogP contribution >= 0.6 is 11.6 Å². The van der Waals surface area contributed by atoms with Crippen LogP contribution in [-0.2, 0) is 11.2 Å². The highest BCUT2D eigenvalue weighted by atomic mass is 35.5. The third-order valence-electron chi connectivity index (χ3n) is 4.11. The van der Waals surface area contributed by atoms with Crippen molar-refractivity contribution in [2.45, 2.75) is 52.7 Å². The van der Waals surface area contributed by atoms with E-state index in [1.54, 1.807) is 0 Å². The molecule has 0 heterocycles. The van der Waals surface area contributed by atoms with Gasteiger partial charge >= 0.3 is 0 Å². The Labute approximate surface area is 127 Å². The second kappa shape index (κ2) is 5.67. The Morgan fingerprint density at radius 1 is 1.40 bits per heavy atom. The van der Waals surface area contributed by atoms with Crippen LogP contribution in [0, 0.1) is 5.41 Å². The van der Waals surface area contributed by atoms with E-state index in [0.29, 0.717) is 6.04 Å². The van der Waals surface area contributed by atoms with Crippen LogP contribution in [0.15, 0.2) is 18.2 Å². The van der Waals surface area contributed by atoms with Crippen molar-refractivity contribution in [1.29, 1.82) is 0 Å². The summed E-state index contributed by atoms with van der Waals surface area (Å²) in [6.45, 7) is 12.5. The molecule has 0 saturated heterocycles. The molecule has 1 atom stereocenters. The number of nitrogens with one attached hydrogen (secondary N) is 1. The molecule has 1 aromatic rings. The molecule has 3 heteroatoms. The third kappa shape index (κ3) is 3.36. The molecule has 2 nitrogen and oxygen atoms in total. The zero-order valence-electron chi connectivity index (χ0n) is 13.2. The summed E-state index contributed by atoms with van der Waals surface area (Å²) in [6.07, 6.45) is 1.09. The third-order valence-corrected chi connectivity index (χ3v) is 4.35. The van der Waals surface area contributed by atoms with Gasteiger partial charge in [-0.3, -0.25) is 0 Å². The largest absolute Gasteiger partial charge is 0.375 e. The summed E-state index contributed by atoms with van der Waals surface area (Å²) in [6, 6.07) is 6.59. The Bertz CT molecular complexity index is 482. The summed E-state index contributed by atoms with van der Waals surface area (Å²) in [4.78, 5) is 0. The molecule has 20 heavy (non-hydrogen) atoms. The smallest absolute Gasteiger partial charge is 0.0750 e. The monoisotopic (exact) mass is 295 g/mol. The van der Waals surface area contributed by atoms with Gasteiger partial charge in [0.25, 0.3) is 0 Å². The molecule has 2 rings (SSSR count). The predicted molar refractivity (Wildman–Crippen MR) is 85.4 cm³/mol. The first-order valence-electron chi connectivity index (χ1n) is 7.41. The fourth-order valence-corrected chi connectivity index (χ4v) is 3.37. The van der Waals surface area contributed by atoms with Gasteiger partial charge in [0, 0.05) is 24.2 Å². The first kappa shape index (κ1) is 15.8. The van der Waals surface area contributed by atoms with Crippen LogP contribution in [0.3, 0.4) is 0 Å². The van der Waals surface area contributed by atoms with Gasteiger partial charge in [-0.1, -0.05) is 31.5 Å². The van der Waals surface area contributed by atoms with E-state index in [1.165, 1.54) is 11.1 Å². The van der Waals surface area contributed by atoms with Crippen LogP contribution in [0.4, 0.5) is 0 Å². The Hall–Kier alpha value is -0.570. The second-order valence-corrected chi connectivity index (χ2v) is 7.45. The first-order chi connectivity index (χ1) is 9.25. The molecule has 0 bridgehead atoms. The van der Waals surface area contributed by atoms with Crippen LogP contribution in [0.1, 0.15) is 51.8 Å². The molecule has 0 fully saturated rings. The molecule has 0 saturated carbocycles. The van der Waals surface area contributed by atoms with Crippen LogP contribution < -0.4 is 5.32 Å². The van der Waals surface area contributed by atoms with E-state index < -0.39 is 0 Å². The first-order valence-corrected chi connectivity index (χ1v) is 7.79. The van der Waals surface area contributed by atoms with Crippen molar-refractivity contribution in [3.8, 4) is 0 Å². The van der Waals surface area contributed by atoms with E-state index in [2.05, 4.69) is 45.1 Å². The molecular formula is C17H26ClNO. The molecule has 0 radical (unpaired) electrons. The Morgan fingerprint density at radius 3 is 2.75 bits per heavy atom. The van der Waals surface area contributed by atoms with Crippen molar-refractivity contribution < 1.29 is 4.74 Å². The summed E-state index contributed by atoms with van der Waals surface area (Å²) < 4.78 is 5.78. The average Bonchev–Trinajstić information content (AvgIpc) is 2.56. The zero-order chi connectivity index (χ0) is 15.0. The van der Waals surface area contributed by atoms with Crippen molar-refractivity contribution >= 4 is 11.6 Å². The fourth-order valence-electron chi connectivity index (χ4n) is 3.19. The summed E-state index contributed by atoms with van der Waals surface area (Å²) in [5, 5.41) is 4.51. The quantitative estimate of drug-likeness (QED) is 0.871. The van der Waals surface area contributed by atoms with Gasteiger partial charge in [-0.05, 0) is 55.9 Å². The molecule has 0 spiro atoms. The molecule has 1 aliphatic rings. The van der Waals surface area contributed by atoms with Crippen molar-refractivity contribution in [3.05, 3.63) is 34.3 Å². The van der Waals surface area contributed by atoms with E-state index in [1.807, 2.05) is 13.0 Å². The highest BCUT2D eigenvalue weighted by Gasteiger charge is 2.39. The second-order valence-electron chi connectivity index (χ2n) is 7.02. The number of halogens is 1. The molecule has 112 valence electrons. The Kier molecular flexibility index (Phi) is 4.48. The van der Waals surface area contributed by atoms with Crippen molar-refractivity contribution in [2.24, 2.45) is 5.41 Å². The molecule has 1 aromatic carbocycles. The van der Waals surface area contributed by atoms with Gasteiger partial charge in [0.2, 0.25) is 0 Å². The maximum Gasteiger partial charge on any atom is 0.0750 e. The minimum absolute atomic E-state index is 0.147. The molecule has 0 amide bonds. The number of ether oxygens (including phenoxy) is 1. The van der Waals surface area contributed by atoms with Gasteiger partial charge in [0.1, 0.15) is 0 Å². The standard InChI is InChI=1S/C17H26ClNO/c1-6-20-17(4,5)11-19-15-14-9-13(18)8-7-12(14)10-16(15,2)3/h7-9,15,19H,6,10-11H2,1-5H3. The lowest BCUT2D eigenvalue weighted by atomic mass is 9.85. The highest BCUT2D eigenvalue weighted by molar-refractivity contribution is 6.30. The number of hydrogen-bond acceptors (Lipinski definition) is 2. The van der Waals surface area contributed by atoms with E-state index in [4.69, 9.17) is 16.3 Å². The molecule has 1 N–H and O–H groups in total. The van der Waals surface area contributed by atoms with Crippen molar-refractivity contribution in [1.82, 2.24) is 5.32 Å². The van der Waals surface area contributed by atoms with Crippen LogP contribution in [0.2, 0.25) is 5.02 Å². The minimum Gasteiger partial charge on any atom is -0.375 e. The highest BCUT2D eigenvalue weighted by Crippen LogP contribution is 2.45. The van der Waals surface area contributed by atoms with E-state index >= 15 is 0 Å². The lowest BCUT2D eigenvalue weighted by Crippen LogP contribution is -2.42. The number of hydrogen-bond donors (Lipinski definition) is 1. The summed E-state index contributed by atoms with van der Waals surface area (Å²) in [5.41, 5.74) is 2.81. The van der Waals surface area contributed by atoms with Crippen LogP contribution in [0.25, 0.3) is 0 Å². The number of fused-ring (bicyclic) bond motifs is 1. The predicted octanol–water partition coefficient (Wildman–Crippen LogP) is 4.37. The van der Waals surface area contributed by atoms with Gasteiger partial charge in [0.15, 0.2) is 0 Å². The van der Waals surface area contributed by atoms with E-state index in [-0.39, 0.29) is 11.0 Å². The summed E-state index contributed by atoms with van der Waals surface area (Å²) in [5.74, 6) is 0.